The number of aliphatic hydroxyl groups excluding tert-OH is 1. The maximum Gasteiger partial charge on any atom is 0.274 e. The Kier molecular flexibility index (Phi) is 2.61. The third-order valence-corrected chi connectivity index (χ3v) is 3.94. The van der Waals surface area contributed by atoms with Gasteiger partial charge in [-0.05, 0) is 25.0 Å². The van der Waals surface area contributed by atoms with Gasteiger partial charge in [0.1, 0.15) is 0 Å². The maximum atomic E-state index is 11.7. The molecule has 0 spiro atoms. The summed E-state index contributed by atoms with van der Waals surface area (Å²) < 4.78 is 30.7. The van der Waals surface area contributed by atoms with Gasteiger partial charge in [-0.15, -0.1) is 0 Å². The molecule has 0 bridgehead atoms. The number of furan rings is 1. The lowest BCUT2D eigenvalue weighted by Gasteiger charge is -2.12. The SMILES string of the molecule is O=Cc1ccc(S(=O)(=O)NC2(CO)CC2)o1. The highest BCUT2D eigenvalue weighted by atomic mass is 32.2. The van der Waals surface area contributed by atoms with E-state index in [1.54, 1.807) is 0 Å². The van der Waals surface area contributed by atoms with E-state index in [4.69, 9.17) is 9.52 Å². The average Bonchev–Trinajstić information content (AvgIpc) is 2.82. The number of aliphatic hydroxyl groups is 1. The van der Waals surface area contributed by atoms with Crippen molar-refractivity contribution in [3.8, 4) is 0 Å². The Hall–Kier alpha value is -1.18. The predicted molar refractivity (Wildman–Crippen MR) is 53.5 cm³/mol. The van der Waals surface area contributed by atoms with Gasteiger partial charge in [0, 0.05) is 0 Å². The molecule has 0 amide bonds. The molecule has 1 heterocycles. The molecule has 6 nitrogen and oxygen atoms in total. The quantitative estimate of drug-likeness (QED) is 0.706. The van der Waals surface area contributed by atoms with Crippen molar-refractivity contribution in [2.45, 2.75) is 23.5 Å². The van der Waals surface area contributed by atoms with Gasteiger partial charge in [0.2, 0.25) is 5.09 Å². The first-order valence-electron chi connectivity index (χ1n) is 4.71. The Morgan fingerprint density at radius 1 is 1.50 bits per heavy atom. The van der Waals surface area contributed by atoms with Crippen molar-refractivity contribution in [3.05, 3.63) is 17.9 Å². The molecule has 0 aliphatic heterocycles. The van der Waals surface area contributed by atoms with Crippen LogP contribution in [-0.4, -0.2) is 32.0 Å². The van der Waals surface area contributed by atoms with E-state index in [1.165, 1.54) is 12.1 Å². The molecular formula is C9H11NO5S. The summed E-state index contributed by atoms with van der Waals surface area (Å²) in [5.74, 6) is -0.0470. The van der Waals surface area contributed by atoms with E-state index in [0.717, 1.165) is 0 Å². The van der Waals surface area contributed by atoms with E-state index in [-0.39, 0.29) is 17.5 Å². The lowest BCUT2D eigenvalue weighted by Crippen LogP contribution is -2.39. The summed E-state index contributed by atoms with van der Waals surface area (Å²) in [6, 6.07) is 2.49. The number of hydrogen-bond acceptors (Lipinski definition) is 5. The minimum atomic E-state index is -3.79. The Bertz CT molecular complexity index is 500. The topological polar surface area (TPSA) is 96.6 Å². The number of aldehydes is 1. The lowest BCUT2D eigenvalue weighted by atomic mass is 10.3. The summed E-state index contributed by atoms with van der Waals surface area (Å²) in [5.41, 5.74) is -0.743. The zero-order chi connectivity index (χ0) is 11.8. The fraction of sp³-hybridized carbons (Fsp3) is 0.444. The minimum Gasteiger partial charge on any atom is -0.440 e. The van der Waals surface area contributed by atoms with Gasteiger partial charge in [0.15, 0.2) is 12.0 Å². The molecule has 1 aliphatic rings. The molecule has 88 valence electrons. The van der Waals surface area contributed by atoms with Crippen molar-refractivity contribution in [2.24, 2.45) is 0 Å². The van der Waals surface area contributed by atoms with Gasteiger partial charge in [-0.1, -0.05) is 0 Å². The fourth-order valence-electron chi connectivity index (χ4n) is 1.32. The van der Waals surface area contributed by atoms with Gasteiger partial charge in [-0.25, -0.2) is 13.1 Å². The lowest BCUT2D eigenvalue weighted by molar-refractivity contribution is 0.109. The second-order valence-corrected chi connectivity index (χ2v) is 5.43. The van der Waals surface area contributed by atoms with Crippen LogP contribution in [0.4, 0.5) is 0 Å². The van der Waals surface area contributed by atoms with Gasteiger partial charge in [0.05, 0.1) is 12.1 Å². The van der Waals surface area contributed by atoms with Crippen LogP contribution >= 0.6 is 0 Å². The smallest absolute Gasteiger partial charge is 0.274 e. The summed E-state index contributed by atoms with van der Waals surface area (Å²) >= 11 is 0. The first-order valence-corrected chi connectivity index (χ1v) is 6.19. The maximum absolute atomic E-state index is 11.7. The highest BCUT2D eigenvalue weighted by Crippen LogP contribution is 2.36. The zero-order valence-corrected chi connectivity index (χ0v) is 9.16. The normalized spacial score (nSPS) is 18.3. The van der Waals surface area contributed by atoms with Crippen molar-refractivity contribution in [1.82, 2.24) is 4.72 Å². The van der Waals surface area contributed by atoms with Crippen LogP contribution in [-0.2, 0) is 10.0 Å². The first-order chi connectivity index (χ1) is 7.51. The van der Waals surface area contributed by atoms with Crippen LogP contribution in [0.2, 0.25) is 0 Å². The van der Waals surface area contributed by atoms with E-state index in [2.05, 4.69) is 4.72 Å². The molecule has 1 saturated carbocycles. The summed E-state index contributed by atoms with van der Waals surface area (Å²) in [7, 11) is -3.79. The van der Waals surface area contributed by atoms with Crippen LogP contribution in [0.3, 0.4) is 0 Å². The van der Waals surface area contributed by atoms with E-state index < -0.39 is 15.6 Å². The number of carbonyl (C=O) groups is 1. The predicted octanol–water partition coefficient (Wildman–Crippen LogP) is -0.105. The molecule has 16 heavy (non-hydrogen) atoms. The number of hydrogen-bond donors (Lipinski definition) is 2. The van der Waals surface area contributed by atoms with Crippen LogP contribution in [0.15, 0.2) is 21.6 Å². The molecule has 7 heteroatoms. The zero-order valence-electron chi connectivity index (χ0n) is 8.34. The van der Waals surface area contributed by atoms with Crippen LogP contribution in [0, 0.1) is 0 Å². The average molecular weight is 245 g/mol. The van der Waals surface area contributed by atoms with E-state index >= 15 is 0 Å². The van der Waals surface area contributed by atoms with E-state index in [1.807, 2.05) is 0 Å². The van der Waals surface area contributed by atoms with Crippen LogP contribution < -0.4 is 4.72 Å². The molecule has 2 rings (SSSR count). The Balaban J connectivity index is 2.22. The largest absolute Gasteiger partial charge is 0.440 e. The van der Waals surface area contributed by atoms with Crippen LogP contribution in [0.1, 0.15) is 23.4 Å². The highest BCUT2D eigenvalue weighted by molar-refractivity contribution is 7.89. The molecule has 1 aliphatic carbocycles. The fourth-order valence-corrected chi connectivity index (χ4v) is 2.71. The Morgan fingerprint density at radius 2 is 2.19 bits per heavy atom. The van der Waals surface area contributed by atoms with Crippen LogP contribution in [0.5, 0.6) is 0 Å². The molecule has 1 aromatic heterocycles. The molecule has 2 N–H and O–H groups in total. The standard InChI is InChI=1S/C9H11NO5S/c11-5-7-1-2-8(15-7)16(13,14)10-9(6-12)3-4-9/h1-2,5,10,12H,3-4,6H2. The second-order valence-electron chi connectivity index (χ2n) is 3.82. The van der Waals surface area contributed by atoms with Gasteiger partial charge < -0.3 is 9.52 Å². The first kappa shape index (κ1) is 11.3. The van der Waals surface area contributed by atoms with E-state index in [9.17, 15) is 13.2 Å². The van der Waals surface area contributed by atoms with E-state index in [0.29, 0.717) is 19.1 Å². The number of sulfonamides is 1. The van der Waals surface area contributed by atoms with Crippen molar-refractivity contribution in [1.29, 1.82) is 0 Å². The summed E-state index contributed by atoms with van der Waals surface area (Å²) in [4.78, 5) is 10.4. The molecular weight excluding hydrogens is 234 g/mol. The van der Waals surface area contributed by atoms with Gasteiger partial charge in [0.25, 0.3) is 10.0 Å². The van der Waals surface area contributed by atoms with Crippen molar-refractivity contribution in [2.75, 3.05) is 6.61 Å². The second kappa shape index (κ2) is 3.69. The Morgan fingerprint density at radius 3 is 2.62 bits per heavy atom. The summed E-state index contributed by atoms with van der Waals surface area (Å²) in [5, 5.41) is 8.69. The molecule has 0 atom stereocenters. The van der Waals surface area contributed by atoms with Crippen molar-refractivity contribution < 1.29 is 22.7 Å². The third-order valence-electron chi connectivity index (χ3n) is 2.49. The number of carbonyl (C=O) groups excluding carboxylic acids is 1. The molecule has 0 aromatic carbocycles. The minimum absolute atomic E-state index is 0.0470. The van der Waals surface area contributed by atoms with Gasteiger partial charge in [-0.2, -0.15) is 0 Å². The summed E-state index contributed by atoms with van der Waals surface area (Å²) in [6.07, 6.45) is 1.63. The highest BCUT2D eigenvalue weighted by Gasteiger charge is 2.46. The molecule has 0 unspecified atom stereocenters. The van der Waals surface area contributed by atoms with Gasteiger partial charge in [-0.3, -0.25) is 4.79 Å². The number of rotatable bonds is 5. The summed E-state index contributed by atoms with van der Waals surface area (Å²) in [6.45, 7) is -0.243. The monoisotopic (exact) mass is 245 g/mol. The number of nitrogens with one attached hydrogen (secondary N) is 1. The molecule has 0 radical (unpaired) electrons. The Labute approximate surface area is 92.3 Å². The third kappa shape index (κ3) is 2.01. The van der Waals surface area contributed by atoms with Gasteiger partial charge >= 0.3 is 0 Å². The molecule has 1 fully saturated rings. The molecule has 1 aromatic rings. The molecule has 0 saturated heterocycles. The van der Waals surface area contributed by atoms with Crippen molar-refractivity contribution >= 4 is 16.3 Å². The van der Waals surface area contributed by atoms with Crippen molar-refractivity contribution in [3.63, 3.8) is 0 Å². The van der Waals surface area contributed by atoms with Crippen LogP contribution in [0.25, 0.3) is 0 Å².